The van der Waals surface area contributed by atoms with Gasteiger partial charge in [0.2, 0.25) is 0 Å². The van der Waals surface area contributed by atoms with Crippen molar-refractivity contribution in [2.75, 3.05) is 7.11 Å². The number of ether oxygens (including phenoxy) is 2. The summed E-state index contributed by atoms with van der Waals surface area (Å²) in [5, 5.41) is 0. The van der Waals surface area contributed by atoms with Gasteiger partial charge in [-0.2, -0.15) is 0 Å². The Morgan fingerprint density at radius 1 is 1.03 bits per heavy atom. The molecule has 0 bridgehead atoms. The van der Waals surface area contributed by atoms with Crippen LogP contribution in [0.4, 0.5) is 0 Å². The molecule has 0 saturated heterocycles. The number of hydrogen-bond donors (Lipinski definition) is 0. The molecular weight excluding hydrogens is 356 g/mol. The first-order chi connectivity index (χ1) is 14.1. The molecule has 3 aliphatic rings. The van der Waals surface area contributed by atoms with E-state index in [2.05, 4.69) is 49.9 Å². The molecule has 4 atom stereocenters. The first-order valence-electron chi connectivity index (χ1n) is 11.2. The fourth-order valence-electron chi connectivity index (χ4n) is 6.49. The van der Waals surface area contributed by atoms with Gasteiger partial charge in [-0.05, 0) is 90.5 Å². The molecule has 0 radical (unpaired) electrons. The molecule has 5 rings (SSSR count). The Labute approximate surface area is 174 Å². The van der Waals surface area contributed by atoms with Gasteiger partial charge < -0.3 is 9.47 Å². The van der Waals surface area contributed by atoms with Crippen LogP contribution in [-0.4, -0.2) is 7.11 Å². The van der Waals surface area contributed by atoms with Crippen LogP contribution < -0.4 is 9.47 Å². The second-order valence-electron chi connectivity index (χ2n) is 9.49. The predicted molar refractivity (Wildman–Crippen MR) is 118 cm³/mol. The molecule has 2 heteroatoms. The normalized spacial score (nSPS) is 30.3. The summed E-state index contributed by atoms with van der Waals surface area (Å²) >= 11 is 0. The quantitative estimate of drug-likeness (QED) is 0.543. The van der Waals surface area contributed by atoms with Crippen LogP contribution in [0.25, 0.3) is 0 Å². The summed E-state index contributed by atoms with van der Waals surface area (Å²) in [4.78, 5) is 0. The van der Waals surface area contributed by atoms with Crippen LogP contribution >= 0.6 is 0 Å². The first-order valence-corrected chi connectivity index (χ1v) is 11.2. The highest BCUT2D eigenvalue weighted by Gasteiger charge is 2.52. The van der Waals surface area contributed by atoms with Gasteiger partial charge in [-0.3, -0.25) is 0 Å². The Bertz CT molecular complexity index is 916. The average Bonchev–Trinajstić information content (AvgIpc) is 3.06. The molecule has 0 N–H and O–H groups in total. The minimum absolute atomic E-state index is 0.376. The minimum Gasteiger partial charge on any atom is -0.493 e. The van der Waals surface area contributed by atoms with Crippen molar-refractivity contribution in [1.82, 2.24) is 0 Å². The van der Waals surface area contributed by atoms with Gasteiger partial charge in [-0.15, -0.1) is 0 Å². The Morgan fingerprint density at radius 3 is 2.66 bits per heavy atom. The minimum atomic E-state index is 0.376. The summed E-state index contributed by atoms with van der Waals surface area (Å²) in [5.41, 5.74) is 6.05. The molecule has 0 spiro atoms. The van der Waals surface area contributed by atoms with Crippen LogP contribution in [0.15, 0.2) is 54.6 Å². The third-order valence-electron chi connectivity index (χ3n) is 8.20. The van der Waals surface area contributed by atoms with E-state index in [0.717, 1.165) is 29.8 Å². The van der Waals surface area contributed by atoms with Gasteiger partial charge in [-0.25, -0.2) is 0 Å². The topological polar surface area (TPSA) is 18.5 Å². The lowest BCUT2D eigenvalue weighted by Crippen LogP contribution is -2.40. The number of rotatable bonds is 4. The van der Waals surface area contributed by atoms with Crippen molar-refractivity contribution in [1.29, 1.82) is 0 Å². The summed E-state index contributed by atoms with van der Waals surface area (Å²) in [6, 6.07) is 14.9. The van der Waals surface area contributed by atoms with Gasteiger partial charge in [-0.1, -0.05) is 49.4 Å². The van der Waals surface area contributed by atoms with E-state index in [4.69, 9.17) is 9.47 Å². The largest absolute Gasteiger partial charge is 0.493 e. The van der Waals surface area contributed by atoms with Crippen molar-refractivity contribution in [3.05, 3.63) is 71.3 Å². The SMILES string of the molecule is C=C1CCC2C3CCc4cc(OCc5ccccc5)c(OC)cc4C3CC[C@]12C. The molecular formula is C27H32O2. The van der Waals surface area contributed by atoms with Crippen LogP contribution in [0.2, 0.25) is 0 Å². The number of benzene rings is 2. The lowest BCUT2D eigenvalue weighted by Gasteiger charge is -2.49. The van der Waals surface area contributed by atoms with E-state index >= 15 is 0 Å². The molecule has 0 amide bonds. The molecule has 2 nitrogen and oxygen atoms in total. The van der Waals surface area contributed by atoms with Gasteiger partial charge in [0.1, 0.15) is 6.61 Å². The van der Waals surface area contributed by atoms with E-state index in [0.29, 0.717) is 17.9 Å². The van der Waals surface area contributed by atoms with E-state index in [1.54, 1.807) is 7.11 Å². The zero-order valence-corrected chi connectivity index (χ0v) is 17.7. The van der Waals surface area contributed by atoms with Crippen molar-refractivity contribution in [2.24, 2.45) is 17.3 Å². The van der Waals surface area contributed by atoms with Crippen molar-refractivity contribution in [3.63, 3.8) is 0 Å². The van der Waals surface area contributed by atoms with Crippen molar-refractivity contribution < 1.29 is 9.47 Å². The van der Waals surface area contributed by atoms with Crippen molar-refractivity contribution in [2.45, 2.75) is 58.0 Å². The molecule has 2 aromatic carbocycles. The van der Waals surface area contributed by atoms with E-state index in [1.165, 1.54) is 54.4 Å². The lowest BCUT2D eigenvalue weighted by atomic mass is 9.55. The molecule has 2 saturated carbocycles. The molecule has 0 aliphatic heterocycles. The maximum absolute atomic E-state index is 6.18. The van der Waals surface area contributed by atoms with E-state index in [9.17, 15) is 0 Å². The van der Waals surface area contributed by atoms with E-state index in [-0.39, 0.29) is 0 Å². The standard InChI is InChI=1S/C27H32O2/c1-18-9-12-24-22-11-10-20-15-26(29-17-19-7-5-4-6-8-19)25(28-3)16-23(20)21(22)13-14-27(18,24)2/h4-8,15-16,21-22,24H,1,9-14,17H2,2-3H3/t21?,22?,24?,27-/m1/s1. The number of allylic oxidation sites excluding steroid dienone is 1. The molecule has 2 aromatic rings. The van der Waals surface area contributed by atoms with Crippen LogP contribution in [0, 0.1) is 17.3 Å². The Hall–Kier alpha value is -2.22. The Kier molecular flexibility index (Phi) is 4.69. The summed E-state index contributed by atoms with van der Waals surface area (Å²) in [5.74, 6) is 4.02. The third kappa shape index (κ3) is 3.08. The molecule has 152 valence electrons. The first kappa shape index (κ1) is 18.8. The second-order valence-corrected chi connectivity index (χ2v) is 9.49. The molecule has 2 fully saturated rings. The van der Waals surface area contributed by atoms with Crippen LogP contribution in [0.5, 0.6) is 11.5 Å². The van der Waals surface area contributed by atoms with Gasteiger partial charge in [0.15, 0.2) is 11.5 Å². The van der Waals surface area contributed by atoms with Crippen molar-refractivity contribution in [3.8, 4) is 11.5 Å². The second kappa shape index (κ2) is 7.23. The van der Waals surface area contributed by atoms with Gasteiger partial charge >= 0.3 is 0 Å². The maximum atomic E-state index is 6.18. The maximum Gasteiger partial charge on any atom is 0.161 e. The fourth-order valence-corrected chi connectivity index (χ4v) is 6.49. The zero-order chi connectivity index (χ0) is 20.0. The number of methoxy groups -OCH3 is 1. The van der Waals surface area contributed by atoms with Gasteiger partial charge in [0.25, 0.3) is 0 Å². The fraction of sp³-hybridized carbons (Fsp3) is 0.481. The molecule has 3 unspecified atom stereocenters. The van der Waals surface area contributed by atoms with Crippen molar-refractivity contribution >= 4 is 0 Å². The molecule has 0 heterocycles. The molecule has 0 aromatic heterocycles. The summed E-state index contributed by atoms with van der Waals surface area (Å²) in [6.07, 6.45) is 7.58. The highest BCUT2D eigenvalue weighted by Crippen LogP contribution is 2.62. The monoisotopic (exact) mass is 388 g/mol. The van der Waals surface area contributed by atoms with E-state index < -0.39 is 0 Å². The molecule has 3 aliphatic carbocycles. The predicted octanol–water partition coefficient (Wildman–Crippen LogP) is 6.69. The van der Waals surface area contributed by atoms with Crippen LogP contribution in [0.1, 0.15) is 61.6 Å². The molecule has 29 heavy (non-hydrogen) atoms. The Balaban J connectivity index is 1.42. The van der Waals surface area contributed by atoms with E-state index in [1.807, 2.05) is 6.07 Å². The average molecular weight is 389 g/mol. The highest BCUT2D eigenvalue weighted by molar-refractivity contribution is 5.50. The zero-order valence-electron chi connectivity index (χ0n) is 17.7. The number of aryl methyl sites for hydroxylation is 1. The van der Waals surface area contributed by atoms with Gasteiger partial charge in [0.05, 0.1) is 7.11 Å². The number of hydrogen-bond acceptors (Lipinski definition) is 2. The highest BCUT2D eigenvalue weighted by atomic mass is 16.5. The van der Waals surface area contributed by atoms with Crippen LogP contribution in [-0.2, 0) is 13.0 Å². The lowest BCUT2D eigenvalue weighted by molar-refractivity contribution is 0.0814. The number of fused-ring (bicyclic) bond motifs is 5. The van der Waals surface area contributed by atoms with Crippen LogP contribution in [0.3, 0.4) is 0 Å². The van der Waals surface area contributed by atoms with Gasteiger partial charge in [0, 0.05) is 0 Å². The Morgan fingerprint density at radius 2 is 1.86 bits per heavy atom. The summed E-state index contributed by atoms with van der Waals surface area (Å²) in [7, 11) is 1.76. The third-order valence-corrected chi connectivity index (χ3v) is 8.20. The summed E-state index contributed by atoms with van der Waals surface area (Å²) < 4.78 is 11.9. The summed E-state index contributed by atoms with van der Waals surface area (Å²) in [6.45, 7) is 7.50. The smallest absolute Gasteiger partial charge is 0.161 e.